The maximum atomic E-state index is 14.2. The van der Waals surface area contributed by atoms with Crippen LogP contribution in [0.15, 0.2) is 128 Å². The lowest BCUT2D eigenvalue weighted by molar-refractivity contribution is -0.683. The summed E-state index contributed by atoms with van der Waals surface area (Å²) in [5, 5.41) is 0. The van der Waals surface area contributed by atoms with Crippen LogP contribution in [0.2, 0.25) is 0 Å². The molecular weight excluding hydrogens is 1130 g/mol. The topological polar surface area (TPSA) is 47.2 Å². The number of esters is 1. The fourth-order valence-electron chi connectivity index (χ4n) is 7.99. The number of Topliss-reactive ketones (excluding diaryl/α,β-unsaturated/α-hetero) is 1. The Kier molecular flexibility index (Phi) is 17.0. The van der Waals surface area contributed by atoms with E-state index in [0.717, 1.165) is 0 Å². The Balaban J connectivity index is 0.000000433. The predicted molar refractivity (Wildman–Crippen MR) is 233 cm³/mol. The largest absolute Gasteiger partial charge is 0.456 e. The fraction of sp³-hybridized carbons (Fsp3) is 0.260. The first-order valence-electron chi connectivity index (χ1n) is 21.8. The van der Waals surface area contributed by atoms with Crippen molar-refractivity contribution in [3.8, 4) is 0 Å². The summed E-state index contributed by atoms with van der Waals surface area (Å²) >= 11 is 0. The van der Waals surface area contributed by atoms with Gasteiger partial charge in [0.1, 0.15) is 11.7 Å². The van der Waals surface area contributed by atoms with E-state index in [2.05, 4.69) is 0 Å². The highest BCUT2D eigenvalue weighted by Gasteiger charge is 2.47. The number of halogens is 24. The predicted octanol–water partition coefficient (Wildman–Crippen LogP) is 14.0. The van der Waals surface area contributed by atoms with Crippen LogP contribution in [0.1, 0.15) is 86.0 Å². The lowest BCUT2D eigenvalue weighted by Crippen LogP contribution is -2.75. The third-order valence-corrected chi connectivity index (χ3v) is 11.4. The molecule has 79 heavy (non-hydrogen) atoms. The molecule has 1 heterocycles. The van der Waals surface area contributed by atoms with Gasteiger partial charge < -0.3 is 4.74 Å². The van der Waals surface area contributed by atoms with Crippen LogP contribution >= 0.6 is 0 Å². The Morgan fingerprint density at radius 1 is 0.367 bits per heavy atom. The monoisotopic (exact) mass is 1160 g/mol. The molecule has 0 aliphatic rings. The van der Waals surface area contributed by atoms with Gasteiger partial charge in [-0.3, -0.25) is 4.79 Å². The number of pyridine rings is 1. The molecular formula is C50H32BF24NO3. The highest BCUT2D eigenvalue weighted by Crippen LogP contribution is 2.41. The van der Waals surface area contributed by atoms with Crippen LogP contribution < -0.4 is 26.4 Å². The molecule has 0 fully saturated rings. The zero-order chi connectivity index (χ0) is 60.1. The Morgan fingerprint density at radius 2 is 0.608 bits per heavy atom. The van der Waals surface area contributed by atoms with Gasteiger partial charge in [-0.25, -0.2) is 4.79 Å². The maximum absolute atomic E-state index is 14.2. The number of carbonyl (C=O) groups is 2. The van der Waals surface area contributed by atoms with E-state index in [-0.39, 0.29) is 18.3 Å². The highest BCUT2D eigenvalue weighted by atomic mass is 19.4. The molecule has 6 rings (SSSR count). The second-order valence-corrected chi connectivity index (χ2v) is 18.3. The van der Waals surface area contributed by atoms with Crippen molar-refractivity contribution in [1.82, 2.24) is 0 Å². The summed E-state index contributed by atoms with van der Waals surface area (Å²) in [7, 11) is 0. The van der Waals surface area contributed by atoms with Gasteiger partial charge in [0.2, 0.25) is 12.3 Å². The first-order valence-corrected chi connectivity index (χ1v) is 21.8. The van der Waals surface area contributed by atoms with Crippen molar-refractivity contribution in [3.05, 3.63) is 183 Å². The third kappa shape index (κ3) is 15.3. The smallest absolute Gasteiger partial charge is 0.416 e. The number of benzene rings is 5. The molecule has 0 aliphatic carbocycles. The van der Waals surface area contributed by atoms with Crippen molar-refractivity contribution in [2.75, 3.05) is 0 Å². The minimum Gasteiger partial charge on any atom is -0.456 e. The number of hydrogen-bond acceptors (Lipinski definition) is 3. The summed E-state index contributed by atoms with van der Waals surface area (Å²) in [5.41, 5.74) is -29.6. The highest BCUT2D eigenvalue weighted by molar-refractivity contribution is 7.20. The molecule has 5 aromatic carbocycles. The zero-order valence-corrected chi connectivity index (χ0v) is 39.7. The van der Waals surface area contributed by atoms with Gasteiger partial charge in [-0.05, 0) is 45.0 Å². The number of carbonyl (C=O) groups excluding carboxylic acids is 2. The Hall–Kier alpha value is -7.23. The summed E-state index contributed by atoms with van der Waals surface area (Å²) in [6.45, 7) is 5.71. The molecule has 29 heteroatoms. The third-order valence-electron chi connectivity index (χ3n) is 11.4. The average Bonchev–Trinajstić information content (AvgIpc) is 3.37. The van der Waals surface area contributed by atoms with Crippen LogP contribution in [0.4, 0.5) is 105 Å². The van der Waals surface area contributed by atoms with Crippen LogP contribution in [-0.4, -0.2) is 23.5 Å². The standard InChI is InChI=1S/C32H12BF24.C18H20NO3/c34-25(35,36)13-1-14(26(37,38)39)6-21(5-13)33(22-7-15(27(40,41)42)2-16(8-22)28(43,44)45,23-9-17(29(46,47)48)3-18(10-23)30(49,50)51)24-11-19(31(52,53)54)4-20(12-24)32(55,56)57;1-18(2,3)22-17(21)15-9-11-19(12-10-15)13-16(20)14-7-5-4-6-8-14/h1-12H;4-12H,13H2,1-3H3/q-1;+1. The number of aromatic nitrogens is 1. The SMILES string of the molecule is CC(C)(C)OC(=O)c1cc[n+](CC(=O)c2ccccc2)cc1.FC(F)(F)c1cc([B-](c2cc(C(F)(F)F)cc(C(F)(F)F)c2)(c2cc(C(F)(F)F)cc(C(F)(F)F)c2)c2cc(C(F)(F)F)cc(C(F)(F)F)c2)cc(C(F)(F)F)c1. The molecule has 0 amide bonds. The van der Waals surface area contributed by atoms with E-state index in [0.29, 0.717) is 11.1 Å². The van der Waals surface area contributed by atoms with Crippen molar-refractivity contribution in [1.29, 1.82) is 0 Å². The van der Waals surface area contributed by atoms with E-state index >= 15 is 0 Å². The van der Waals surface area contributed by atoms with Crippen molar-refractivity contribution >= 4 is 39.7 Å². The van der Waals surface area contributed by atoms with Crippen molar-refractivity contribution < 1.29 is 124 Å². The van der Waals surface area contributed by atoms with Gasteiger partial charge in [-0.1, -0.05) is 78.9 Å². The summed E-state index contributed by atoms with van der Waals surface area (Å²) in [6.07, 6.45) is -51.4. The Labute approximate surface area is 429 Å². The number of ether oxygens (including phenoxy) is 1. The summed E-state index contributed by atoms with van der Waals surface area (Å²) in [4.78, 5) is 24.0. The van der Waals surface area contributed by atoms with Gasteiger partial charge >= 0.3 is 55.4 Å². The second kappa shape index (κ2) is 21.4. The number of ketones is 1. The quantitative estimate of drug-likeness (QED) is 0.0502. The van der Waals surface area contributed by atoms with E-state index in [1.807, 2.05) is 39.0 Å². The van der Waals surface area contributed by atoms with E-state index in [1.165, 1.54) is 0 Å². The maximum Gasteiger partial charge on any atom is 0.416 e. The molecule has 1 aromatic heterocycles. The van der Waals surface area contributed by atoms with E-state index in [4.69, 9.17) is 4.74 Å². The number of hydrogen-bond donors (Lipinski definition) is 0. The van der Waals surface area contributed by atoms with Crippen molar-refractivity contribution in [2.45, 2.75) is 82.3 Å². The minimum absolute atomic E-state index is 0.0237. The Bertz CT molecular complexity index is 2740. The molecule has 0 unspecified atom stereocenters. The van der Waals surface area contributed by atoms with Gasteiger partial charge in [-0.2, -0.15) is 132 Å². The number of rotatable bonds is 8. The molecule has 0 bridgehead atoms. The van der Waals surface area contributed by atoms with Gasteiger partial charge in [-0.15, -0.1) is 0 Å². The van der Waals surface area contributed by atoms with E-state index in [1.54, 1.807) is 41.2 Å². The van der Waals surface area contributed by atoms with E-state index < -0.39 is 200 Å². The summed E-state index contributed by atoms with van der Waals surface area (Å²) in [5.74, 6) is -0.343. The lowest BCUT2D eigenvalue weighted by Gasteiger charge is -2.46. The molecule has 6 aromatic rings. The molecule has 0 aliphatic heterocycles. The average molecular weight is 1160 g/mol. The molecule has 4 nitrogen and oxygen atoms in total. The van der Waals surface area contributed by atoms with Crippen LogP contribution in [-0.2, 0) is 60.7 Å². The number of alkyl halides is 24. The van der Waals surface area contributed by atoms with Gasteiger partial charge in [0, 0.05) is 17.7 Å². The second-order valence-electron chi connectivity index (χ2n) is 18.3. The van der Waals surface area contributed by atoms with Crippen LogP contribution in [0.25, 0.3) is 0 Å². The van der Waals surface area contributed by atoms with E-state index in [9.17, 15) is 115 Å². The molecule has 0 N–H and O–H groups in total. The normalized spacial score (nSPS) is 13.4. The van der Waals surface area contributed by atoms with Crippen LogP contribution in [0.3, 0.4) is 0 Å². The minimum atomic E-state index is -6.13. The van der Waals surface area contributed by atoms with Crippen LogP contribution in [0, 0.1) is 0 Å². The molecule has 0 atom stereocenters. The molecule has 0 saturated heterocycles. The Morgan fingerprint density at radius 3 is 0.823 bits per heavy atom. The van der Waals surface area contributed by atoms with Crippen molar-refractivity contribution in [2.24, 2.45) is 0 Å². The molecule has 0 spiro atoms. The molecule has 0 radical (unpaired) electrons. The first kappa shape index (κ1) is 62.6. The lowest BCUT2D eigenvalue weighted by atomic mass is 9.12. The molecule has 426 valence electrons. The van der Waals surface area contributed by atoms with Gasteiger partial charge in [0.15, 0.2) is 12.4 Å². The number of nitrogens with zero attached hydrogens (tertiary/aromatic N) is 1. The summed E-state index contributed by atoms with van der Waals surface area (Å²) < 4.78 is 348. The van der Waals surface area contributed by atoms with Gasteiger partial charge in [0.05, 0.1) is 50.1 Å². The summed E-state index contributed by atoms with van der Waals surface area (Å²) in [6, 6.07) is 3.64. The fourth-order valence-corrected chi connectivity index (χ4v) is 7.99. The molecule has 0 saturated carbocycles. The van der Waals surface area contributed by atoms with Crippen LogP contribution in [0.5, 0.6) is 0 Å². The first-order chi connectivity index (χ1) is 35.6. The van der Waals surface area contributed by atoms with Crippen molar-refractivity contribution in [3.63, 3.8) is 0 Å². The van der Waals surface area contributed by atoms with Gasteiger partial charge in [0.25, 0.3) is 0 Å². The zero-order valence-electron chi connectivity index (χ0n) is 39.7.